The highest BCUT2D eigenvalue weighted by molar-refractivity contribution is 4.62. The van der Waals surface area contributed by atoms with Crippen LogP contribution in [0.1, 0.15) is 62.3 Å². The summed E-state index contributed by atoms with van der Waals surface area (Å²) in [6, 6.07) is 0. The minimum Gasteiger partial charge on any atom is -0.326 e. The monoisotopic (exact) mass is 274 g/mol. The van der Waals surface area contributed by atoms with E-state index in [-0.39, 0.29) is 16.6 Å². The highest BCUT2D eigenvalue weighted by Crippen LogP contribution is 2.23. The Balaban J connectivity index is 4.72. The van der Waals surface area contributed by atoms with Crippen LogP contribution in [0.5, 0.6) is 0 Å². The van der Waals surface area contributed by atoms with Gasteiger partial charge in [-0.15, -0.1) is 0 Å². The fraction of sp³-hybridized carbons (Fsp3) is 1.00. The molecule has 0 aliphatic rings. The van der Waals surface area contributed by atoms with Gasteiger partial charge in [0.25, 0.3) is 0 Å². The molecule has 19 heavy (non-hydrogen) atoms. The topological polar surface area (TPSA) is 18.5 Å². The van der Waals surface area contributed by atoms with E-state index >= 15 is 0 Å². The lowest BCUT2D eigenvalue weighted by Crippen LogP contribution is -2.54. The van der Waals surface area contributed by atoms with Crippen molar-refractivity contribution in [2.24, 2.45) is 5.41 Å². The van der Waals surface area contributed by atoms with E-state index in [2.05, 4.69) is 69.4 Å². The smallest absolute Gasteiger partial charge is 0.185 e. The van der Waals surface area contributed by atoms with Gasteiger partial charge in [-0.3, -0.25) is 4.48 Å². The zero-order chi connectivity index (χ0) is 15.5. The van der Waals surface area contributed by atoms with Crippen molar-refractivity contribution in [1.29, 1.82) is 0 Å². The average molecular weight is 274 g/mol. The molecule has 0 rings (SSSR count). The van der Waals surface area contributed by atoms with Crippen LogP contribution in [0.3, 0.4) is 0 Å². The summed E-state index contributed by atoms with van der Waals surface area (Å²) in [4.78, 5) is 0. The minimum atomic E-state index is -0.112. The van der Waals surface area contributed by atoms with Gasteiger partial charge in [0.15, 0.2) is 13.5 Å². The van der Waals surface area contributed by atoms with Gasteiger partial charge in [-0.05, 0) is 41.5 Å². The Labute approximate surface area is 120 Å². The Hall–Kier alpha value is -0.120. The van der Waals surface area contributed by atoms with Crippen molar-refractivity contribution < 1.29 is 14.0 Å². The van der Waals surface area contributed by atoms with E-state index in [1.165, 1.54) is 0 Å². The van der Waals surface area contributed by atoms with Crippen LogP contribution in [0.25, 0.3) is 0 Å². The fourth-order valence-corrected chi connectivity index (χ4v) is 1.97. The van der Waals surface area contributed by atoms with Gasteiger partial charge >= 0.3 is 0 Å². The van der Waals surface area contributed by atoms with Crippen LogP contribution in [0.2, 0.25) is 0 Å². The molecule has 116 valence electrons. The Kier molecular flexibility index (Phi) is 6.07. The predicted molar refractivity (Wildman–Crippen MR) is 81.9 cm³/mol. The summed E-state index contributed by atoms with van der Waals surface area (Å²) in [5.74, 6) is 0. The maximum absolute atomic E-state index is 6.00. The van der Waals surface area contributed by atoms with Crippen LogP contribution in [0.15, 0.2) is 0 Å². The number of nitrogens with zero attached hydrogens (tertiary/aromatic N) is 1. The van der Waals surface area contributed by atoms with E-state index in [1.807, 2.05) is 0 Å². The lowest BCUT2D eigenvalue weighted by atomic mass is 9.95. The first kappa shape index (κ1) is 18.9. The third-order valence-electron chi connectivity index (χ3n) is 2.47. The Morgan fingerprint density at radius 1 is 0.684 bits per heavy atom. The summed E-state index contributed by atoms with van der Waals surface area (Å²) in [6.07, 6.45) is 0. The summed E-state index contributed by atoms with van der Waals surface area (Å²) < 4.78 is 12.8. The molecule has 0 saturated carbocycles. The van der Waals surface area contributed by atoms with Crippen LogP contribution in [0.4, 0.5) is 0 Å². The second-order valence-electron chi connectivity index (χ2n) is 9.11. The number of quaternary nitrogens is 1. The zero-order valence-corrected chi connectivity index (χ0v) is 14.9. The molecule has 0 radical (unpaired) electrons. The molecule has 0 aliphatic carbocycles. The van der Waals surface area contributed by atoms with Crippen LogP contribution in [-0.4, -0.2) is 42.7 Å². The summed E-state index contributed by atoms with van der Waals surface area (Å²) in [7, 11) is 2.21. The van der Waals surface area contributed by atoms with Crippen molar-refractivity contribution in [2.45, 2.75) is 73.5 Å². The van der Waals surface area contributed by atoms with Crippen LogP contribution >= 0.6 is 0 Å². The number of hydrogen-bond acceptors (Lipinski definition) is 2. The summed E-state index contributed by atoms with van der Waals surface area (Å²) >= 11 is 0. The Morgan fingerprint density at radius 2 is 1.00 bits per heavy atom. The number of hydrogen-bond donors (Lipinski definition) is 0. The molecule has 3 nitrogen and oxygen atoms in total. The Morgan fingerprint density at radius 3 is 1.21 bits per heavy atom. The summed E-state index contributed by atoms with van der Waals surface area (Å²) in [5.41, 5.74) is 0.0233. The molecular formula is C16H36NO2+. The molecule has 0 unspecified atom stereocenters. The number of ether oxygens (including phenoxy) is 2. The van der Waals surface area contributed by atoms with Gasteiger partial charge in [0.05, 0.1) is 24.8 Å². The normalized spacial score (nSPS) is 14.8. The first-order valence-corrected chi connectivity index (χ1v) is 7.24. The van der Waals surface area contributed by atoms with Gasteiger partial charge in [0.1, 0.15) is 0 Å². The molecule has 0 aliphatic heterocycles. The molecule has 0 spiro atoms. The molecule has 0 heterocycles. The van der Waals surface area contributed by atoms with Crippen LogP contribution in [0, 0.1) is 5.41 Å². The second-order valence-corrected chi connectivity index (χ2v) is 9.11. The second kappa shape index (κ2) is 6.11. The standard InChI is InChI=1S/C16H36NO2/c1-14(2,3)11-17(10,12-18-15(4,5)6)13-19-16(7,8)9/h11-13H2,1-10H3/q+1. The first-order valence-electron chi connectivity index (χ1n) is 7.24. The van der Waals surface area contributed by atoms with E-state index in [0.717, 1.165) is 11.0 Å². The molecular weight excluding hydrogens is 238 g/mol. The molecule has 0 aromatic rings. The first-order chi connectivity index (χ1) is 8.12. The number of rotatable bonds is 5. The third kappa shape index (κ3) is 11.4. The van der Waals surface area contributed by atoms with Crippen LogP contribution in [-0.2, 0) is 9.47 Å². The van der Waals surface area contributed by atoms with Crippen molar-refractivity contribution >= 4 is 0 Å². The van der Waals surface area contributed by atoms with E-state index < -0.39 is 0 Å². The third-order valence-corrected chi connectivity index (χ3v) is 2.47. The van der Waals surface area contributed by atoms with Crippen molar-refractivity contribution in [2.75, 3.05) is 27.1 Å². The molecule has 0 fully saturated rings. The lowest BCUT2D eigenvalue weighted by molar-refractivity contribution is -0.953. The van der Waals surface area contributed by atoms with E-state index in [4.69, 9.17) is 9.47 Å². The molecule has 3 heteroatoms. The summed E-state index contributed by atoms with van der Waals surface area (Å²) in [6.45, 7) is 21.7. The van der Waals surface area contributed by atoms with Gasteiger partial charge in [-0.2, -0.15) is 0 Å². The van der Waals surface area contributed by atoms with E-state index in [9.17, 15) is 0 Å². The SMILES string of the molecule is CC(C)(C)C[N+](C)(COC(C)(C)C)COC(C)(C)C. The van der Waals surface area contributed by atoms with Gasteiger partial charge in [-0.25, -0.2) is 0 Å². The quantitative estimate of drug-likeness (QED) is 0.557. The predicted octanol–water partition coefficient (Wildman–Crippen LogP) is 4.02. The largest absolute Gasteiger partial charge is 0.326 e. The molecule has 0 atom stereocenters. The molecule has 0 amide bonds. The van der Waals surface area contributed by atoms with Crippen molar-refractivity contribution in [3.8, 4) is 0 Å². The highest BCUT2D eigenvalue weighted by Gasteiger charge is 2.32. The fourth-order valence-electron chi connectivity index (χ4n) is 1.97. The van der Waals surface area contributed by atoms with E-state index in [1.54, 1.807) is 0 Å². The van der Waals surface area contributed by atoms with Gasteiger partial charge in [0, 0.05) is 5.41 Å². The van der Waals surface area contributed by atoms with Gasteiger partial charge < -0.3 is 9.47 Å². The van der Waals surface area contributed by atoms with Crippen molar-refractivity contribution in [1.82, 2.24) is 0 Å². The maximum atomic E-state index is 6.00. The van der Waals surface area contributed by atoms with Crippen molar-refractivity contribution in [3.63, 3.8) is 0 Å². The van der Waals surface area contributed by atoms with Gasteiger partial charge in [-0.1, -0.05) is 20.8 Å². The maximum Gasteiger partial charge on any atom is 0.185 e. The lowest BCUT2D eigenvalue weighted by Gasteiger charge is -2.41. The van der Waals surface area contributed by atoms with Gasteiger partial charge in [0.2, 0.25) is 0 Å². The molecule has 0 aromatic carbocycles. The van der Waals surface area contributed by atoms with Crippen LogP contribution < -0.4 is 0 Å². The molecule has 0 bridgehead atoms. The zero-order valence-electron chi connectivity index (χ0n) is 14.9. The molecule has 0 saturated heterocycles. The molecule has 0 aromatic heterocycles. The van der Waals surface area contributed by atoms with Crippen molar-refractivity contribution in [3.05, 3.63) is 0 Å². The average Bonchev–Trinajstić information content (AvgIpc) is 2.07. The Bertz CT molecular complexity index is 248. The highest BCUT2D eigenvalue weighted by atomic mass is 16.5. The summed E-state index contributed by atoms with van der Waals surface area (Å²) in [5, 5.41) is 0. The molecule has 0 N–H and O–H groups in total. The van der Waals surface area contributed by atoms with E-state index in [0.29, 0.717) is 13.5 Å². The minimum absolute atomic E-state index is 0.112.